The van der Waals surface area contributed by atoms with Crippen LogP contribution in [0.15, 0.2) is 0 Å². The van der Waals surface area contributed by atoms with Crippen LogP contribution < -0.4 is 0 Å². The highest BCUT2D eigenvalue weighted by atomic mass is 32.2. The van der Waals surface area contributed by atoms with Crippen molar-refractivity contribution in [3.05, 3.63) is 0 Å². The predicted octanol–water partition coefficient (Wildman–Crippen LogP) is -3.00. The number of rotatable bonds is 8. The maximum atomic E-state index is 10.0. The van der Waals surface area contributed by atoms with Gasteiger partial charge in [0.1, 0.15) is 20.1 Å². The first-order chi connectivity index (χ1) is 10.3. The highest BCUT2D eigenvalue weighted by Crippen LogP contribution is 2.30. The molecule has 10 heteroatoms. The van der Waals surface area contributed by atoms with Gasteiger partial charge in [0.05, 0.1) is 31.5 Å². The summed E-state index contributed by atoms with van der Waals surface area (Å²) < 4.78 is 10.6. The number of hydrogen-bond donors (Lipinski definition) is 6. The van der Waals surface area contributed by atoms with E-state index in [4.69, 9.17) is 14.0 Å². The number of hydrogen-bond acceptors (Lipinski definition) is 9. The van der Waals surface area contributed by atoms with Crippen LogP contribution in [0.5, 0.6) is 0 Å². The summed E-state index contributed by atoms with van der Waals surface area (Å²) in [5.74, 6) is -0.512. The summed E-state index contributed by atoms with van der Waals surface area (Å²) in [4.78, 5) is 0. The van der Waals surface area contributed by atoms with Gasteiger partial charge in [0.15, 0.2) is 5.44 Å². The summed E-state index contributed by atoms with van der Waals surface area (Å²) >= 11 is 0.721. The van der Waals surface area contributed by atoms with E-state index in [-0.39, 0.29) is 6.42 Å². The van der Waals surface area contributed by atoms with Crippen LogP contribution in [0, 0.1) is 0 Å². The number of ether oxygens (including phenoxy) is 1. The van der Waals surface area contributed by atoms with Gasteiger partial charge in [-0.2, -0.15) is 0 Å². The van der Waals surface area contributed by atoms with Crippen LogP contribution in [0.4, 0.5) is 0 Å². The molecule has 22 heavy (non-hydrogen) atoms. The van der Waals surface area contributed by atoms with Crippen LogP contribution in [-0.4, -0.2) is 93.8 Å². The Kier molecular flexibility index (Phi) is 8.61. The second-order valence-electron chi connectivity index (χ2n) is 5.60. The van der Waals surface area contributed by atoms with Crippen molar-refractivity contribution in [3.63, 3.8) is 0 Å². The molecular weight excluding hydrogens is 315 g/mol. The van der Waals surface area contributed by atoms with Crippen molar-refractivity contribution >= 4 is 19.9 Å². The molecule has 0 aromatic rings. The van der Waals surface area contributed by atoms with E-state index in [9.17, 15) is 25.5 Å². The third kappa shape index (κ3) is 5.32. The van der Waals surface area contributed by atoms with Crippen molar-refractivity contribution in [3.8, 4) is 0 Å². The van der Waals surface area contributed by atoms with Crippen molar-refractivity contribution < 1.29 is 39.6 Å². The van der Waals surface area contributed by atoms with Crippen LogP contribution in [0.3, 0.4) is 0 Å². The molecule has 0 spiro atoms. The molecule has 130 valence electrons. The lowest BCUT2D eigenvalue weighted by atomic mass is 9.77. The molecule has 0 saturated carbocycles. The molecule has 1 fully saturated rings. The molecule has 0 bridgehead atoms. The summed E-state index contributed by atoms with van der Waals surface area (Å²) in [5.41, 5.74) is -0.858. The molecule has 0 radical (unpaired) electrons. The normalized spacial score (nSPS) is 34.9. The fourth-order valence-corrected chi connectivity index (χ4v) is 2.92. The van der Waals surface area contributed by atoms with E-state index in [0.29, 0.717) is 0 Å². The molecule has 0 aromatic heterocycles. The quantitative estimate of drug-likeness (QED) is 0.202. The van der Waals surface area contributed by atoms with Crippen molar-refractivity contribution in [2.75, 3.05) is 13.2 Å². The van der Waals surface area contributed by atoms with Crippen molar-refractivity contribution in [2.24, 2.45) is 0 Å². The van der Waals surface area contributed by atoms with Crippen LogP contribution in [0.2, 0.25) is 5.82 Å². The average Bonchev–Trinajstić information content (AvgIpc) is 2.48. The minimum absolute atomic E-state index is 0.0304. The SMILES string of the molecule is BC(C(C)O)C(O)C(CO)OSC1OC(CO)C(O)CC1O. The zero-order valence-corrected chi connectivity index (χ0v) is 13.5. The van der Waals surface area contributed by atoms with E-state index in [0.717, 1.165) is 12.0 Å². The summed E-state index contributed by atoms with van der Waals surface area (Å²) in [6, 6.07) is 0. The van der Waals surface area contributed by atoms with Gasteiger partial charge in [-0.05, 0) is 12.7 Å². The summed E-state index contributed by atoms with van der Waals surface area (Å²) in [7, 11) is 1.62. The third-order valence-corrected chi connectivity index (χ3v) is 4.82. The average molecular weight is 340 g/mol. The molecule has 8 unspecified atom stereocenters. The minimum atomic E-state index is -1.10. The van der Waals surface area contributed by atoms with E-state index in [1.54, 1.807) is 7.85 Å². The number of aliphatic hydroxyl groups excluding tert-OH is 6. The fourth-order valence-electron chi connectivity index (χ4n) is 2.06. The van der Waals surface area contributed by atoms with Crippen LogP contribution in [-0.2, 0) is 8.92 Å². The van der Waals surface area contributed by atoms with Gasteiger partial charge in [0.25, 0.3) is 0 Å². The Hall–Kier alpha value is 0.0949. The fraction of sp³-hybridized carbons (Fsp3) is 1.00. The first-order valence-corrected chi connectivity index (χ1v) is 8.03. The predicted molar refractivity (Wildman–Crippen MR) is 81.9 cm³/mol. The third-order valence-electron chi connectivity index (χ3n) is 3.85. The van der Waals surface area contributed by atoms with Crippen LogP contribution >= 0.6 is 12.0 Å². The van der Waals surface area contributed by atoms with Gasteiger partial charge in [-0.15, -0.1) is 0 Å². The van der Waals surface area contributed by atoms with E-state index in [1.807, 2.05) is 0 Å². The topological polar surface area (TPSA) is 140 Å². The van der Waals surface area contributed by atoms with Gasteiger partial charge in [-0.1, -0.05) is 0 Å². The zero-order chi connectivity index (χ0) is 16.9. The standard InChI is InChI=1S/C12H25BO8S/c1-5(16)10(13)11(19)9(4-15)21-22-12-7(18)2-6(17)8(3-14)20-12/h5-12,14-19H,2-4,13H2,1H3. The summed E-state index contributed by atoms with van der Waals surface area (Å²) in [6.45, 7) is 0.660. The van der Waals surface area contributed by atoms with Crippen molar-refractivity contribution in [1.29, 1.82) is 0 Å². The first kappa shape index (κ1) is 20.1. The Balaban J connectivity index is 2.55. The highest BCUT2D eigenvalue weighted by molar-refractivity contribution is 7.95. The van der Waals surface area contributed by atoms with E-state index < -0.39 is 61.1 Å². The molecule has 8 nitrogen and oxygen atoms in total. The number of aliphatic hydroxyl groups is 6. The zero-order valence-electron chi connectivity index (χ0n) is 12.6. The maximum absolute atomic E-state index is 10.0. The Labute approximate surface area is 134 Å². The van der Waals surface area contributed by atoms with Gasteiger partial charge in [-0.3, -0.25) is 0 Å². The van der Waals surface area contributed by atoms with Crippen LogP contribution in [0.25, 0.3) is 0 Å². The van der Waals surface area contributed by atoms with Gasteiger partial charge in [0.2, 0.25) is 0 Å². The molecule has 1 saturated heterocycles. The van der Waals surface area contributed by atoms with Crippen molar-refractivity contribution in [2.45, 2.75) is 61.2 Å². The Bertz CT molecular complexity index is 322. The molecule has 1 aliphatic rings. The highest BCUT2D eigenvalue weighted by Gasteiger charge is 2.38. The minimum Gasteiger partial charge on any atom is -0.394 e. The first-order valence-electron chi connectivity index (χ1n) is 7.23. The second kappa shape index (κ2) is 9.41. The van der Waals surface area contributed by atoms with Gasteiger partial charge in [0, 0.05) is 24.6 Å². The van der Waals surface area contributed by atoms with E-state index >= 15 is 0 Å². The molecule has 1 rings (SSSR count). The van der Waals surface area contributed by atoms with Crippen LogP contribution in [0.1, 0.15) is 13.3 Å². The Morgan fingerprint density at radius 2 is 1.91 bits per heavy atom. The van der Waals surface area contributed by atoms with Gasteiger partial charge < -0.3 is 39.6 Å². The molecule has 6 N–H and O–H groups in total. The lowest BCUT2D eigenvalue weighted by Gasteiger charge is -2.36. The van der Waals surface area contributed by atoms with Gasteiger partial charge in [-0.25, -0.2) is 0 Å². The lowest BCUT2D eigenvalue weighted by molar-refractivity contribution is -0.152. The molecule has 1 aliphatic heterocycles. The second-order valence-corrected chi connectivity index (χ2v) is 6.45. The largest absolute Gasteiger partial charge is 0.394 e. The van der Waals surface area contributed by atoms with E-state index in [2.05, 4.69) is 0 Å². The molecule has 0 amide bonds. The molecule has 0 aromatic carbocycles. The maximum Gasteiger partial charge on any atom is 0.155 e. The smallest absolute Gasteiger partial charge is 0.155 e. The van der Waals surface area contributed by atoms with Crippen molar-refractivity contribution in [1.82, 2.24) is 0 Å². The summed E-state index contributed by atoms with van der Waals surface area (Å²) in [6.07, 6.45) is -5.61. The monoisotopic (exact) mass is 340 g/mol. The summed E-state index contributed by atoms with van der Waals surface area (Å²) in [5, 5.41) is 57.3. The lowest BCUT2D eigenvalue weighted by Crippen LogP contribution is -2.48. The Morgan fingerprint density at radius 1 is 1.27 bits per heavy atom. The molecule has 0 aliphatic carbocycles. The molecule has 8 atom stereocenters. The molecule has 1 heterocycles. The Morgan fingerprint density at radius 3 is 2.41 bits per heavy atom. The van der Waals surface area contributed by atoms with E-state index in [1.165, 1.54) is 6.92 Å². The van der Waals surface area contributed by atoms with Gasteiger partial charge >= 0.3 is 0 Å². The molecular formula is C12H25BO8S.